The van der Waals surface area contributed by atoms with Gasteiger partial charge in [-0.15, -0.1) is 0 Å². The standard InChI is InChI=1S/C9H11BrClN3O2S/c10-7-6-12-9(11)13-8(7)14-2-1-4-17(15,16)5-3-14/h6H,1-5H2. The number of hydrogen-bond acceptors (Lipinski definition) is 5. The molecule has 8 heteroatoms. The van der Waals surface area contributed by atoms with E-state index in [1.54, 1.807) is 6.20 Å². The molecule has 1 aliphatic heterocycles. The summed E-state index contributed by atoms with van der Waals surface area (Å²) in [6.07, 6.45) is 2.18. The highest BCUT2D eigenvalue weighted by atomic mass is 79.9. The third kappa shape index (κ3) is 3.29. The number of anilines is 1. The zero-order valence-electron chi connectivity index (χ0n) is 8.94. The van der Waals surface area contributed by atoms with Gasteiger partial charge in [-0.2, -0.15) is 4.98 Å². The van der Waals surface area contributed by atoms with Crippen LogP contribution in [0.2, 0.25) is 5.28 Å². The van der Waals surface area contributed by atoms with E-state index in [9.17, 15) is 8.42 Å². The third-order valence-electron chi connectivity index (χ3n) is 2.55. The summed E-state index contributed by atoms with van der Waals surface area (Å²) in [7, 11) is -2.92. The smallest absolute Gasteiger partial charge is 0.224 e. The van der Waals surface area contributed by atoms with Crippen LogP contribution < -0.4 is 4.90 Å². The van der Waals surface area contributed by atoms with E-state index in [2.05, 4.69) is 25.9 Å². The van der Waals surface area contributed by atoms with Gasteiger partial charge >= 0.3 is 0 Å². The Kier molecular flexibility index (Phi) is 3.89. The van der Waals surface area contributed by atoms with Crippen molar-refractivity contribution in [1.82, 2.24) is 9.97 Å². The molecule has 0 N–H and O–H groups in total. The van der Waals surface area contributed by atoms with Crippen molar-refractivity contribution in [3.63, 3.8) is 0 Å². The van der Waals surface area contributed by atoms with Crippen LogP contribution in [0, 0.1) is 0 Å². The molecule has 0 amide bonds. The zero-order chi connectivity index (χ0) is 12.5. The van der Waals surface area contributed by atoms with Crippen LogP contribution in [0.4, 0.5) is 5.82 Å². The van der Waals surface area contributed by atoms with E-state index in [4.69, 9.17) is 11.6 Å². The van der Waals surface area contributed by atoms with Crippen molar-refractivity contribution in [2.24, 2.45) is 0 Å². The first kappa shape index (κ1) is 13.0. The fourth-order valence-electron chi connectivity index (χ4n) is 1.71. The molecule has 1 fully saturated rings. The maximum atomic E-state index is 11.5. The minimum atomic E-state index is -2.92. The van der Waals surface area contributed by atoms with Crippen LogP contribution in [0.15, 0.2) is 10.7 Å². The van der Waals surface area contributed by atoms with E-state index in [0.717, 1.165) is 4.47 Å². The monoisotopic (exact) mass is 339 g/mol. The van der Waals surface area contributed by atoms with Gasteiger partial charge in [0.1, 0.15) is 5.82 Å². The fourth-order valence-corrected chi connectivity index (χ4v) is 3.55. The van der Waals surface area contributed by atoms with E-state index < -0.39 is 9.84 Å². The molecule has 1 aromatic heterocycles. The van der Waals surface area contributed by atoms with E-state index in [1.807, 2.05) is 4.90 Å². The lowest BCUT2D eigenvalue weighted by atomic mass is 10.4. The van der Waals surface area contributed by atoms with E-state index in [0.29, 0.717) is 25.3 Å². The van der Waals surface area contributed by atoms with Gasteiger partial charge in [0, 0.05) is 19.3 Å². The molecule has 1 saturated heterocycles. The summed E-state index contributed by atoms with van der Waals surface area (Å²) in [6, 6.07) is 0. The molecule has 2 heterocycles. The van der Waals surface area contributed by atoms with Crippen molar-refractivity contribution in [2.75, 3.05) is 29.5 Å². The largest absolute Gasteiger partial charge is 0.354 e. The topological polar surface area (TPSA) is 63.2 Å². The molecule has 17 heavy (non-hydrogen) atoms. The molecule has 0 saturated carbocycles. The molecule has 1 aromatic rings. The molecule has 0 radical (unpaired) electrons. The SMILES string of the molecule is O=S1(=O)CCCN(c2nc(Cl)ncc2Br)CC1. The number of nitrogens with zero attached hydrogens (tertiary/aromatic N) is 3. The summed E-state index contributed by atoms with van der Waals surface area (Å²) in [5.41, 5.74) is 0. The molecule has 0 bridgehead atoms. The Balaban J connectivity index is 2.25. The van der Waals surface area contributed by atoms with Gasteiger partial charge in [0.2, 0.25) is 5.28 Å². The highest BCUT2D eigenvalue weighted by molar-refractivity contribution is 9.10. The predicted molar refractivity (Wildman–Crippen MR) is 70.2 cm³/mol. The van der Waals surface area contributed by atoms with Crippen LogP contribution in [0.1, 0.15) is 6.42 Å². The Bertz CT molecular complexity index is 523. The average Bonchev–Trinajstić information content (AvgIpc) is 2.43. The highest BCUT2D eigenvalue weighted by Gasteiger charge is 2.21. The molecule has 1 aliphatic rings. The predicted octanol–water partition coefficient (Wildman–Crippen LogP) is 1.52. The van der Waals surface area contributed by atoms with Crippen molar-refractivity contribution in [2.45, 2.75) is 6.42 Å². The molecule has 0 atom stereocenters. The molecule has 0 unspecified atom stereocenters. The Morgan fingerprint density at radius 2 is 2.12 bits per heavy atom. The van der Waals surface area contributed by atoms with Crippen LogP contribution in [-0.4, -0.2) is 43.0 Å². The lowest BCUT2D eigenvalue weighted by Gasteiger charge is -2.21. The number of aromatic nitrogens is 2. The Morgan fingerprint density at radius 3 is 2.88 bits per heavy atom. The number of hydrogen-bond donors (Lipinski definition) is 0. The lowest BCUT2D eigenvalue weighted by Crippen LogP contribution is -2.28. The number of halogens is 2. The summed E-state index contributed by atoms with van der Waals surface area (Å²) in [4.78, 5) is 9.89. The molecular weight excluding hydrogens is 330 g/mol. The van der Waals surface area contributed by atoms with Crippen LogP contribution in [0.25, 0.3) is 0 Å². The maximum Gasteiger partial charge on any atom is 0.224 e. The van der Waals surface area contributed by atoms with E-state index in [1.165, 1.54) is 0 Å². The van der Waals surface area contributed by atoms with Gasteiger partial charge in [-0.1, -0.05) is 0 Å². The first-order chi connectivity index (χ1) is 7.98. The average molecular weight is 341 g/mol. The number of rotatable bonds is 1. The van der Waals surface area contributed by atoms with E-state index >= 15 is 0 Å². The fraction of sp³-hybridized carbons (Fsp3) is 0.556. The molecule has 0 aliphatic carbocycles. The third-order valence-corrected chi connectivity index (χ3v) is 5.01. The summed E-state index contributed by atoms with van der Waals surface area (Å²) in [5.74, 6) is 1.04. The van der Waals surface area contributed by atoms with Crippen molar-refractivity contribution >= 4 is 43.2 Å². The Hall–Kier alpha value is -0.400. The summed E-state index contributed by atoms with van der Waals surface area (Å²) < 4.78 is 23.7. The zero-order valence-corrected chi connectivity index (χ0v) is 12.1. The second-order valence-corrected chi connectivity index (χ2v) is 7.30. The van der Waals surface area contributed by atoms with Gasteiger partial charge < -0.3 is 4.90 Å². The first-order valence-electron chi connectivity index (χ1n) is 5.11. The van der Waals surface area contributed by atoms with Gasteiger partial charge in [-0.25, -0.2) is 13.4 Å². The van der Waals surface area contributed by atoms with Crippen molar-refractivity contribution in [1.29, 1.82) is 0 Å². The van der Waals surface area contributed by atoms with Crippen LogP contribution >= 0.6 is 27.5 Å². The minimum absolute atomic E-state index is 0.154. The summed E-state index contributed by atoms with van der Waals surface area (Å²) >= 11 is 9.09. The van der Waals surface area contributed by atoms with Crippen molar-refractivity contribution in [3.05, 3.63) is 16.0 Å². The lowest BCUT2D eigenvalue weighted by molar-refractivity contribution is 0.597. The highest BCUT2D eigenvalue weighted by Crippen LogP contribution is 2.25. The second-order valence-electron chi connectivity index (χ2n) is 3.80. The van der Waals surface area contributed by atoms with Crippen molar-refractivity contribution in [3.8, 4) is 0 Å². The van der Waals surface area contributed by atoms with Crippen molar-refractivity contribution < 1.29 is 8.42 Å². The van der Waals surface area contributed by atoms with Gasteiger partial charge in [0.25, 0.3) is 0 Å². The maximum absolute atomic E-state index is 11.5. The molecule has 94 valence electrons. The molecule has 2 rings (SSSR count). The molecular formula is C9H11BrClN3O2S. The minimum Gasteiger partial charge on any atom is -0.354 e. The molecule has 0 aromatic carbocycles. The molecule has 5 nitrogen and oxygen atoms in total. The molecule has 0 spiro atoms. The summed E-state index contributed by atoms with van der Waals surface area (Å²) in [6.45, 7) is 1.10. The normalized spacial score (nSPS) is 20.0. The Morgan fingerprint density at radius 1 is 1.35 bits per heavy atom. The summed E-state index contributed by atoms with van der Waals surface area (Å²) in [5, 5.41) is 0.162. The van der Waals surface area contributed by atoms with Gasteiger partial charge in [-0.3, -0.25) is 0 Å². The van der Waals surface area contributed by atoms with Crippen LogP contribution in [0.5, 0.6) is 0 Å². The quantitative estimate of drug-likeness (QED) is 0.725. The number of sulfone groups is 1. The Labute approximate surface area is 113 Å². The van der Waals surface area contributed by atoms with Crippen LogP contribution in [-0.2, 0) is 9.84 Å². The van der Waals surface area contributed by atoms with Gasteiger partial charge in [0.05, 0.1) is 16.0 Å². The second kappa shape index (κ2) is 5.07. The van der Waals surface area contributed by atoms with Gasteiger partial charge in [-0.05, 0) is 34.0 Å². The van der Waals surface area contributed by atoms with E-state index in [-0.39, 0.29) is 16.8 Å². The van der Waals surface area contributed by atoms with Crippen LogP contribution in [0.3, 0.4) is 0 Å². The first-order valence-corrected chi connectivity index (χ1v) is 8.10. The van der Waals surface area contributed by atoms with Gasteiger partial charge in [0.15, 0.2) is 9.84 Å².